The SMILES string of the molecule is CCCCCCCC/C=C\CCCCCCCCCCCC(=O)OC(CO)COCCCCCCCCC. The number of carbonyl (C=O) groups excluding carboxylic acids is 1. The van der Waals surface area contributed by atoms with Crippen LogP contribution >= 0.6 is 0 Å². The summed E-state index contributed by atoms with van der Waals surface area (Å²) in [5.74, 6) is -0.204. The number of rotatable bonds is 31. The third-order valence-electron chi connectivity index (χ3n) is 7.34. The van der Waals surface area contributed by atoms with Gasteiger partial charge in [-0.1, -0.05) is 142 Å². The van der Waals surface area contributed by atoms with Gasteiger partial charge in [0.1, 0.15) is 6.10 Å². The highest BCUT2D eigenvalue weighted by Gasteiger charge is 2.13. The minimum Gasteiger partial charge on any atom is -0.457 e. The van der Waals surface area contributed by atoms with Gasteiger partial charge in [0.15, 0.2) is 0 Å². The molecule has 0 aromatic rings. The zero-order valence-corrected chi connectivity index (χ0v) is 25.7. The van der Waals surface area contributed by atoms with Crippen LogP contribution in [0.1, 0.15) is 174 Å². The van der Waals surface area contributed by atoms with Crippen LogP contribution in [0.2, 0.25) is 0 Å². The van der Waals surface area contributed by atoms with Crippen molar-refractivity contribution in [3.8, 4) is 0 Å². The Labute approximate surface area is 237 Å². The lowest BCUT2D eigenvalue weighted by molar-refractivity contribution is -0.154. The van der Waals surface area contributed by atoms with E-state index in [1.807, 2.05) is 0 Å². The van der Waals surface area contributed by atoms with Crippen LogP contribution in [0.3, 0.4) is 0 Å². The molecule has 0 saturated carbocycles. The Balaban J connectivity index is 3.40. The van der Waals surface area contributed by atoms with E-state index < -0.39 is 6.10 Å². The molecular weight excluding hydrogens is 472 g/mol. The summed E-state index contributed by atoms with van der Waals surface area (Å²) in [6, 6.07) is 0. The van der Waals surface area contributed by atoms with Crippen molar-refractivity contribution in [2.24, 2.45) is 0 Å². The molecule has 1 N–H and O–H groups in total. The van der Waals surface area contributed by atoms with Crippen molar-refractivity contribution in [1.29, 1.82) is 0 Å². The summed E-state index contributed by atoms with van der Waals surface area (Å²) >= 11 is 0. The molecule has 0 amide bonds. The molecule has 226 valence electrons. The lowest BCUT2D eigenvalue weighted by Gasteiger charge is -2.15. The maximum absolute atomic E-state index is 12.1. The second-order valence-electron chi connectivity index (χ2n) is 11.2. The van der Waals surface area contributed by atoms with Gasteiger partial charge in [0.2, 0.25) is 0 Å². The van der Waals surface area contributed by atoms with Gasteiger partial charge in [0.25, 0.3) is 0 Å². The van der Waals surface area contributed by atoms with Crippen molar-refractivity contribution in [3.63, 3.8) is 0 Å². The molecule has 4 heteroatoms. The molecule has 0 rings (SSSR count). The summed E-state index contributed by atoms with van der Waals surface area (Å²) in [6.07, 6.45) is 35.3. The number of aliphatic hydroxyl groups is 1. The minimum absolute atomic E-state index is 0.168. The van der Waals surface area contributed by atoms with Gasteiger partial charge >= 0.3 is 5.97 Å². The van der Waals surface area contributed by atoms with Gasteiger partial charge in [-0.3, -0.25) is 4.79 Å². The molecule has 0 fully saturated rings. The predicted octanol–water partition coefficient (Wildman–Crippen LogP) is 10.3. The van der Waals surface area contributed by atoms with Crippen LogP contribution < -0.4 is 0 Å². The standard InChI is InChI=1S/C34H66O4/c1-3-5-7-9-11-12-13-14-15-16-17-18-19-20-21-22-23-25-27-29-34(36)38-33(31-35)32-37-30-28-26-24-10-8-6-4-2/h14-15,33,35H,3-13,16-32H2,1-2H3/b15-14-. The zero-order chi connectivity index (χ0) is 27.8. The first-order valence-corrected chi connectivity index (χ1v) is 16.8. The van der Waals surface area contributed by atoms with Crippen molar-refractivity contribution in [1.82, 2.24) is 0 Å². The van der Waals surface area contributed by atoms with Crippen LogP contribution in [-0.4, -0.2) is 37.0 Å². The summed E-state index contributed by atoms with van der Waals surface area (Å²) in [6.45, 7) is 5.32. The maximum atomic E-state index is 12.1. The number of hydrogen-bond acceptors (Lipinski definition) is 4. The molecule has 0 aromatic heterocycles. The number of ether oxygens (including phenoxy) is 2. The number of esters is 1. The first kappa shape index (κ1) is 37.1. The monoisotopic (exact) mass is 538 g/mol. The van der Waals surface area contributed by atoms with Crippen molar-refractivity contribution in [2.45, 2.75) is 180 Å². The molecule has 0 bridgehead atoms. The van der Waals surface area contributed by atoms with E-state index in [-0.39, 0.29) is 12.6 Å². The van der Waals surface area contributed by atoms with Gasteiger partial charge in [-0.2, -0.15) is 0 Å². The molecule has 0 aliphatic heterocycles. The smallest absolute Gasteiger partial charge is 0.306 e. The average Bonchev–Trinajstić information content (AvgIpc) is 2.92. The number of hydrogen-bond donors (Lipinski definition) is 1. The Morgan fingerprint density at radius 2 is 1.03 bits per heavy atom. The van der Waals surface area contributed by atoms with Crippen LogP contribution in [0.4, 0.5) is 0 Å². The second-order valence-corrected chi connectivity index (χ2v) is 11.2. The lowest BCUT2D eigenvalue weighted by atomic mass is 10.1. The van der Waals surface area contributed by atoms with Crippen LogP contribution in [0, 0.1) is 0 Å². The normalized spacial score (nSPS) is 12.4. The van der Waals surface area contributed by atoms with E-state index in [0.717, 1.165) is 19.3 Å². The molecule has 0 aromatic carbocycles. The van der Waals surface area contributed by atoms with Crippen LogP contribution in [-0.2, 0) is 14.3 Å². The molecule has 0 heterocycles. The average molecular weight is 539 g/mol. The zero-order valence-electron chi connectivity index (χ0n) is 25.7. The Morgan fingerprint density at radius 3 is 1.50 bits per heavy atom. The number of carbonyl (C=O) groups is 1. The van der Waals surface area contributed by atoms with Crippen LogP contribution in [0.25, 0.3) is 0 Å². The van der Waals surface area contributed by atoms with Crippen molar-refractivity contribution in [2.75, 3.05) is 19.8 Å². The number of aliphatic hydroxyl groups excluding tert-OH is 1. The Bertz CT molecular complexity index is 491. The maximum Gasteiger partial charge on any atom is 0.306 e. The van der Waals surface area contributed by atoms with Crippen LogP contribution in [0.15, 0.2) is 12.2 Å². The molecule has 0 aliphatic carbocycles. The molecule has 1 unspecified atom stereocenters. The van der Waals surface area contributed by atoms with E-state index in [4.69, 9.17) is 9.47 Å². The van der Waals surface area contributed by atoms with Gasteiger partial charge in [0, 0.05) is 13.0 Å². The van der Waals surface area contributed by atoms with Crippen molar-refractivity contribution < 1.29 is 19.4 Å². The third kappa shape index (κ3) is 29.7. The quantitative estimate of drug-likeness (QED) is 0.0542. The molecule has 0 saturated heterocycles. The van der Waals surface area contributed by atoms with Gasteiger partial charge in [-0.25, -0.2) is 0 Å². The molecule has 1 atom stereocenters. The number of unbranched alkanes of at least 4 members (excludes halogenated alkanes) is 21. The topological polar surface area (TPSA) is 55.8 Å². The molecular formula is C34H66O4. The van der Waals surface area contributed by atoms with Gasteiger partial charge < -0.3 is 14.6 Å². The fourth-order valence-electron chi connectivity index (χ4n) is 4.79. The van der Waals surface area contributed by atoms with E-state index in [1.54, 1.807) is 0 Å². The summed E-state index contributed by atoms with van der Waals surface area (Å²) in [5, 5.41) is 9.47. The molecule has 0 radical (unpaired) electrons. The lowest BCUT2D eigenvalue weighted by Crippen LogP contribution is -2.27. The highest BCUT2D eigenvalue weighted by atomic mass is 16.6. The molecule has 38 heavy (non-hydrogen) atoms. The fraction of sp³-hybridized carbons (Fsp3) is 0.912. The first-order valence-electron chi connectivity index (χ1n) is 16.8. The highest BCUT2D eigenvalue weighted by molar-refractivity contribution is 5.69. The highest BCUT2D eigenvalue weighted by Crippen LogP contribution is 2.13. The van der Waals surface area contributed by atoms with Gasteiger partial charge in [-0.05, 0) is 38.5 Å². The summed E-state index contributed by atoms with van der Waals surface area (Å²) in [4.78, 5) is 12.1. The third-order valence-corrected chi connectivity index (χ3v) is 7.34. The predicted molar refractivity (Wildman–Crippen MR) is 164 cm³/mol. The molecule has 0 spiro atoms. The molecule has 4 nitrogen and oxygen atoms in total. The van der Waals surface area contributed by atoms with E-state index in [2.05, 4.69) is 26.0 Å². The van der Waals surface area contributed by atoms with E-state index in [9.17, 15) is 9.90 Å². The van der Waals surface area contributed by atoms with Crippen molar-refractivity contribution in [3.05, 3.63) is 12.2 Å². The van der Waals surface area contributed by atoms with E-state index in [1.165, 1.54) is 135 Å². The Hall–Kier alpha value is -0.870. The van der Waals surface area contributed by atoms with E-state index >= 15 is 0 Å². The minimum atomic E-state index is -0.525. The Morgan fingerprint density at radius 1 is 0.605 bits per heavy atom. The summed E-state index contributed by atoms with van der Waals surface area (Å²) in [5.41, 5.74) is 0. The molecule has 0 aliphatic rings. The number of allylic oxidation sites excluding steroid dienone is 2. The first-order chi connectivity index (χ1) is 18.7. The van der Waals surface area contributed by atoms with Gasteiger partial charge in [-0.15, -0.1) is 0 Å². The Kier molecular flexibility index (Phi) is 31.6. The fourth-order valence-corrected chi connectivity index (χ4v) is 4.79. The second kappa shape index (κ2) is 32.3. The summed E-state index contributed by atoms with van der Waals surface area (Å²) < 4.78 is 11.0. The van der Waals surface area contributed by atoms with Crippen molar-refractivity contribution >= 4 is 5.97 Å². The largest absolute Gasteiger partial charge is 0.457 e. The van der Waals surface area contributed by atoms with Crippen LogP contribution in [0.5, 0.6) is 0 Å². The van der Waals surface area contributed by atoms with Gasteiger partial charge in [0.05, 0.1) is 13.2 Å². The summed E-state index contributed by atoms with van der Waals surface area (Å²) in [7, 11) is 0. The van der Waals surface area contributed by atoms with E-state index in [0.29, 0.717) is 19.6 Å².